The van der Waals surface area contributed by atoms with Crippen molar-refractivity contribution in [2.24, 2.45) is 0 Å². The van der Waals surface area contributed by atoms with Crippen molar-refractivity contribution in [1.82, 2.24) is 10.2 Å². The number of carbonyl (C=O) groups is 1. The highest BCUT2D eigenvalue weighted by Gasteiger charge is 2.25. The van der Waals surface area contributed by atoms with Crippen LogP contribution in [-0.4, -0.2) is 41.4 Å². The molecule has 7 heteroatoms. The molecule has 116 valence electrons. The SMILES string of the molecule is C[C@H]1CN(c2nnc(NC(=O)c3ccccc3)s2)C[C@H](C)O1. The maximum Gasteiger partial charge on any atom is 0.257 e. The number of morpholine rings is 1. The van der Waals surface area contributed by atoms with Crippen LogP contribution in [0.2, 0.25) is 0 Å². The van der Waals surface area contributed by atoms with Crippen LogP contribution >= 0.6 is 11.3 Å². The number of anilines is 2. The molecule has 2 aromatic rings. The van der Waals surface area contributed by atoms with E-state index in [-0.39, 0.29) is 18.1 Å². The average molecular weight is 318 g/mol. The normalized spacial score (nSPS) is 21.6. The molecule has 2 atom stereocenters. The minimum atomic E-state index is -0.174. The lowest BCUT2D eigenvalue weighted by Crippen LogP contribution is -2.45. The van der Waals surface area contributed by atoms with Crippen molar-refractivity contribution in [1.29, 1.82) is 0 Å². The molecule has 1 N–H and O–H groups in total. The van der Waals surface area contributed by atoms with Crippen molar-refractivity contribution in [2.75, 3.05) is 23.3 Å². The summed E-state index contributed by atoms with van der Waals surface area (Å²) in [5.74, 6) is -0.174. The second-order valence-electron chi connectivity index (χ2n) is 5.37. The molecular formula is C15H18N4O2S. The highest BCUT2D eigenvalue weighted by atomic mass is 32.1. The lowest BCUT2D eigenvalue weighted by molar-refractivity contribution is -0.00526. The lowest BCUT2D eigenvalue weighted by atomic mass is 10.2. The van der Waals surface area contributed by atoms with E-state index in [9.17, 15) is 4.79 Å². The van der Waals surface area contributed by atoms with Gasteiger partial charge in [-0.1, -0.05) is 29.5 Å². The number of benzene rings is 1. The van der Waals surface area contributed by atoms with Crippen LogP contribution in [0.4, 0.5) is 10.3 Å². The van der Waals surface area contributed by atoms with E-state index in [1.165, 1.54) is 11.3 Å². The molecule has 1 saturated heterocycles. The van der Waals surface area contributed by atoms with Crippen molar-refractivity contribution >= 4 is 27.5 Å². The van der Waals surface area contributed by atoms with Gasteiger partial charge in [-0.25, -0.2) is 0 Å². The first-order chi connectivity index (χ1) is 10.6. The largest absolute Gasteiger partial charge is 0.372 e. The second-order valence-corrected chi connectivity index (χ2v) is 6.33. The summed E-state index contributed by atoms with van der Waals surface area (Å²) in [6.07, 6.45) is 0.324. The molecule has 1 aliphatic rings. The van der Waals surface area contributed by atoms with Crippen LogP contribution in [0.25, 0.3) is 0 Å². The number of hydrogen-bond donors (Lipinski definition) is 1. The lowest BCUT2D eigenvalue weighted by Gasteiger charge is -2.34. The van der Waals surface area contributed by atoms with Gasteiger partial charge in [-0.05, 0) is 26.0 Å². The molecule has 0 spiro atoms. The molecule has 1 aromatic carbocycles. The average Bonchev–Trinajstić information content (AvgIpc) is 2.96. The van der Waals surface area contributed by atoms with Crippen LogP contribution in [0.3, 0.4) is 0 Å². The van der Waals surface area contributed by atoms with Crippen LogP contribution in [0, 0.1) is 0 Å². The van der Waals surface area contributed by atoms with Gasteiger partial charge in [0.05, 0.1) is 12.2 Å². The van der Waals surface area contributed by atoms with Gasteiger partial charge >= 0.3 is 0 Å². The molecule has 0 aliphatic carbocycles. The third-order valence-electron chi connectivity index (χ3n) is 3.36. The maximum atomic E-state index is 12.1. The number of amides is 1. The minimum Gasteiger partial charge on any atom is -0.372 e. The van der Waals surface area contributed by atoms with Gasteiger partial charge in [0.25, 0.3) is 5.91 Å². The highest BCUT2D eigenvalue weighted by molar-refractivity contribution is 7.19. The van der Waals surface area contributed by atoms with Crippen LogP contribution < -0.4 is 10.2 Å². The number of carbonyl (C=O) groups excluding carboxylic acids is 1. The van der Waals surface area contributed by atoms with Gasteiger partial charge in [0.15, 0.2) is 0 Å². The third kappa shape index (κ3) is 3.42. The fourth-order valence-corrected chi connectivity index (χ4v) is 3.24. The summed E-state index contributed by atoms with van der Waals surface area (Å²) in [6.45, 7) is 5.65. The van der Waals surface area contributed by atoms with Crippen LogP contribution in [0.5, 0.6) is 0 Å². The molecule has 0 bridgehead atoms. The second kappa shape index (κ2) is 6.41. The smallest absolute Gasteiger partial charge is 0.257 e. The molecule has 0 saturated carbocycles. The summed E-state index contributed by atoms with van der Waals surface area (Å²) in [5, 5.41) is 12.3. The predicted octanol–water partition coefficient (Wildman–Crippen LogP) is 2.40. The summed E-state index contributed by atoms with van der Waals surface area (Å²) in [7, 11) is 0. The fraction of sp³-hybridized carbons (Fsp3) is 0.400. The zero-order chi connectivity index (χ0) is 15.5. The highest BCUT2D eigenvalue weighted by Crippen LogP contribution is 2.27. The molecule has 3 rings (SSSR count). The maximum absolute atomic E-state index is 12.1. The molecule has 1 amide bonds. The van der Waals surface area contributed by atoms with Crippen molar-refractivity contribution in [3.8, 4) is 0 Å². The van der Waals surface area contributed by atoms with E-state index in [1.807, 2.05) is 32.0 Å². The summed E-state index contributed by atoms with van der Waals surface area (Å²) in [4.78, 5) is 14.2. The van der Waals surface area contributed by atoms with Crippen molar-refractivity contribution in [2.45, 2.75) is 26.1 Å². The molecule has 1 aliphatic heterocycles. The number of aromatic nitrogens is 2. The summed E-state index contributed by atoms with van der Waals surface area (Å²) < 4.78 is 5.71. The van der Waals surface area contributed by atoms with E-state index in [4.69, 9.17) is 4.74 Å². The summed E-state index contributed by atoms with van der Waals surface area (Å²) in [6, 6.07) is 9.07. The van der Waals surface area contributed by atoms with Crippen molar-refractivity contribution < 1.29 is 9.53 Å². The molecule has 2 heterocycles. The monoisotopic (exact) mass is 318 g/mol. The van der Waals surface area contributed by atoms with Crippen molar-refractivity contribution in [3.05, 3.63) is 35.9 Å². The zero-order valence-electron chi connectivity index (χ0n) is 12.5. The molecule has 0 radical (unpaired) electrons. The third-order valence-corrected chi connectivity index (χ3v) is 4.26. The van der Waals surface area contributed by atoms with Crippen LogP contribution in [-0.2, 0) is 4.74 Å². The van der Waals surface area contributed by atoms with Gasteiger partial charge in [0, 0.05) is 18.7 Å². The number of hydrogen-bond acceptors (Lipinski definition) is 6. The van der Waals surface area contributed by atoms with Gasteiger partial charge in [0.2, 0.25) is 10.3 Å². The first kappa shape index (κ1) is 14.9. The van der Waals surface area contributed by atoms with Crippen LogP contribution in [0.15, 0.2) is 30.3 Å². The standard InChI is InChI=1S/C15H18N4O2S/c1-10-8-19(9-11(2)21-10)15-18-17-14(22-15)16-13(20)12-6-4-3-5-7-12/h3-7,10-11H,8-9H2,1-2H3,(H,16,17,20)/t10-,11-/m0/s1. The molecular weight excluding hydrogens is 300 g/mol. The minimum absolute atomic E-state index is 0.162. The Morgan fingerprint density at radius 3 is 2.59 bits per heavy atom. The Morgan fingerprint density at radius 1 is 1.23 bits per heavy atom. The molecule has 0 unspecified atom stereocenters. The number of nitrogens with zero attached hydrogens (tertiary/aromatic N) is 3. The number of rotatable bonds is 3. The number of nitrogens with one attached hydrogen (secondary N) is 1. The Kier molecular flexibility index (Phi) is 4.35. The number of ether oxygens (including phenoxy) is 1. The first-order valence-corrected chi connectivity index (χ1v) is 8.04. The zero-order valence-corrected chi connectivity index (χ0v) is 13.3. The van der Waals surface area contributed by atoms with E-state index in [2.05, 4.69) is 20.4 Å². The molecule has 6 nitrogen and oxygen atoms in total. The summed E-state index contributed by atoms with van der Waals surface area (Å²) in [5.41, 5.74) is 0.605. The molecule has 1 aromatic heterocycles. The van der Waals surface area contributed by atoms with E-state index < -0.39 is 0 Å². The topological polar surface area (TPSA) is 67.4 Å². The van der Waals surface area contributed by atoms with E-state index in [0.717, 1.165) is 18.2 Å². The van der Waals surface area contributed by atoms with Gasteiger partial charge in [0.1, 0.15) is 0 Å². The Bertz CT molecular complexity index is 636. The van der Waals surface area contributed by atoms with Gasteiger partial charge in [-0.15, -0.1) is 10.2 Å². The Hall–Kier alpha value is -1.99. The Morgan fingerprint density at radius 2 is 1.91 bits per heavy atom. The fourth-order valence-electron chi connectivity index (χ4n) is 2.49. The van der Waals surface area contributed by atoms with Crippen molar-refractivity contribution in [3.63, 3.8) is 0 Å². The van der Waals surface area contributed by atoms with E-state index in [1.54, 1.807) is 12.1 Å². The van der Waals surface area contributed by atoms with E-state index >= 15 is 0 Å². The molecule has 1 fully saturated rings. The Balaban J connectivity index is 1.67. The quantitative estimate of drug-likeness (QED) is 0.941. The van der Waals surface area contributed by atoms with Gasteiger partial charge in [-0.2, -0.15) is 0 Å². The first-order valence-electron chi connectivity index (χ1n) is 7.22. The van der Waals surface area contributed by atoms with Gasteiger partial charge in [-0.3, -0.25) is 10.1 Å². The molecule has 22 heavy (non-hydrogen) atoms. The van der Waals surface area contributed by atoms with Gasteiger partial charge < -0.3 is 9.64 Å². The predicted molar refractivity (Wildman–Crippen MR) is 86.5 cm³/mol. The Labute approximate surface area is 133 Å². The van der Waals surface area contributed by atoms with E-state index in [0.29, 0.717) is 10.7 Å². The van der Waals surface area contributed by atoms with Crippen LogP contribution in [0.1, 0.15) is 24.2 Å². The summed E-state index contributed by atoms with van der Waals surface area (Å²) >= 11 is 1.38.